The highest BCUT2D eigenvalue weighted by Crippen LogP contribution is 2.19. The minimum absolute atomic E-state index is 0.344. The van der Waals surface area contributed by atoms with Gasteiger partial charge >= 0.3 is 0 Å². The number of benzene rings is 1. The largest absolute Gasteiger partial charge is 0.338 e. The van der Waals surface area contributed by atoms with Gasteiger partial charge in [0.05, 0.1) is 4.90 Å². The van der Waals surface area contributed by atoms with Crippen LogP contribution < -0.4 is 4.90 Å². The SMILES string of the molecule is Cc1cc(C)nc(N2CCN(S(=O)(=O)c3ccccc3)CC2)n1. The fourth-order valence-electron chi connectivity index (χ4n) is 2.72. The van der Waals surface area contributed by atoms with Gasteiger partial charge in [0.15, 0.2) is 0 Å². The number of rotatable bonds is 3. The summed E-state index contributed by atoms with van der Waals surface area (Å²) in [5, 5.41) is 0. The second-order valence-corrected chi connectivity index (χ2v) is 7.59. The molecule has 7 heteroatoms. The van der Waals surface area contributed by atoms with E-state index in [2.05, 4.69) is 9.97 Å². The van der Waals surface area contributed by atoms with Gasteiger partial charge in [-0.05, 0) is 32.0 Å². The molecule has 1 aromatic carbocycles. The Morgan fingerprint density at radius 3 is 2.04 bits per heavy atom. The maximum Gasteiger partial charge on any atom is 0.243 e. The van der Waals surface area contributed by atoms with Gasteiger partial charge in [-0.15, -0.1) is 0 Å². The first-order chi connectivity index (χ1) is 11.0. The van der Waals surface area contributed by atoms with Gasteiger partial charge in [-0.2, -0.15) is 4.31 Å². The molecule has 0 atom stereocenters. The molecule has 0 bridgehead atoms. The van der Waals surface area contributed by atoms with E-state index in [4.69, 9.17) is 0 Å². The topological polar surface area (TPSA) is 66.4 Å². The molecule has 0 aliphatic carbocycles. The molecule has 3 rings (SSSR count). The Kier molecular flexibility index (Phi) is 4.32. The molecule has 2 heterocycles. The van der Waals surface area contributed by atoms with Crippen molar-refractivity contribution in [3.05, 3.63) is 47.8 Å². The van der Waals surface area contributed by atoms with Gasteiger partial charge in [0.1, 0.15) is 0 Å². The van der Waals surface area contributed by atoms with Crippen LogP contribution >= 0.6 is 0 Å². The number of nitrogens with zero attached hydrogens (tertiary/aromatic N) is 4. The number of piperazine rings is 1. The smallest absolute Gasteiger partial charge is 0.243 e. The van der Waals surface area contributed by atoms with E-state index in [0.29, 0.717) is 37.0 Å². The van der Waals surface area contributed by atoms with E-state index < -0.39 is 10.0 Å². The Morgan fingerprint density at radius 2 is 1.48 bits per heavy atom. The van der Waals surface area contributed by atoms with Crippen molar-refractivity contribution < 1.29 is 8.42 Å². The zero-order valence-electron chi connectivity index (χ0n) is 13.3. The third-order valence-corrected chi connectivity index (χ3v) is 5.79. The van der Waals surface area contributed by atoms with Crippen molar-refractivity contribution in [1.82, 2.24) is 14.3 Å². The van der Waals surface area contributed by atoms with E-state index in [1.54, 1.807) is 24.3 Å². The number of aryl methyl sites for hydroxylation is 2. The minimum atomic E-state index is -3.42. The second kappa shape index (κ2) is 6.25. The fourth-order valence-corrected chi connectivity index (χ4v) is 4.16. The lowest BCUT2D eigenvalue weighted by atomic mass is 10.3. The Hall–Kier alpha value is -1.99. The van der Waals surface area contributed by atoms with Crippen molar-refractivity contribution in [2.45, 2.75) is 18.7 Å². The molecule has 23 heavy (non-hydrogen) atoms. The average Bonchev–Trinajstić information content (AvgIpc) is 2.55. The van der Waals surface area contributed by atoms with E-state index in [1.807, 2.05) is 30.9 Å². The summed E-state index contributed by atoms with van der Waals surface area (Å²) in [5.74, 6) is 0.680. The summed E-state index contributed by atoms with van der Waals surface area (Å²) in [5.41, 5.74) is 1.85. The van der Waals surface area contributed by atoms with Crippen LogP contribution in [0.3, 0.4) is 0 Å². The highest BCUT2D eigenvalue weighted by molar-refractivity contribution is 7.89. The van der Waals surface area contributed by atoms with Crippen molar-refractivity contribution in [3.63, 3.8) is 0 Å². The molecule has 6 nitrogen and oxygen atoms in total. The summed E-state index contributed by atoms with van der Waals surface area (Å²) in [4.78, 5) is 11.3. The molecular weight excluding hydrogens is 312 g/mol. The fraction of sp³-hybridized carbons (Fsp3) is 0.375. The zero-order valence-corrected chi connectivity index (χ0v) is 14.1. The van der Waals surface area contributed by atoms with Gasteiger partial charge in [-0.1, -0.05) is 18.2 Å². The van der Waals surface area contributed by atoms with E-state index >= 15 is 0 Å². The molecule has 1 aliphatic heterocycles. The van der Waals surface area contributed by atoms with Crippen LogP contribution in [0.25, 0.3) is 0 Å². The highest BCUT2D eigenvalue weighted by atomic mass is 32.2. The Labute approximate surface area is 136 Å². The average molecular weight is 332 g/mol. The summed E-state index contributed by atoms with van der Waals surface area (Å²) in [6.45, 7) is 5.94. The summed E-state index contributed by atoms with van der Waals surface area (Å²) >= 11 is 0. The van der Waals surface area contributed by atoms with Gasteiger partial charge in [0.2, 0.25) is 16.0 Å². The molecule has 1 aliphatic rings. The normalized spacial score (nSPS) is 16.5. The van der Waals surface area contributed by atoms with Crippen LogP contribution in [0.1, 0.15) is 11.4 Å². The number of hydrogen-bond acceptors (Lipinski definition) is 5. The second-order valence-electron chi connectivity index (χ2n) is 5.65. The lowest BCUT2D eigenvalue weighted by molar-refractivity contribution is 0.382. The molecule has 0 amide bonds. The summed E-state index contributed by atoms with van der Waals surface area (Å²) in [6.07, 6.45) is 0. The van der Waals surface area contributed by atoms with Crippen LogP contribution in [0, 0.1) is 13.8 Å². The molecule has 0 radical (unpaired) electrons. The van der Waals surface area contributed by atoms with Crippen molar-refractivity contribution in [2.75, 3.05) is 31.1 Å². The van der Waals surface area contributed by atoms with Crippen LogP contribution in [0.5, 0.6) is 0 Å². The first-order valence-electron chi connectivity index (χ1n) is 7.59. The van der Waals surface area contributed by atoms with Gasteiger partial charge in [0.25, 0.3) is 0 Å². The van der Waals surface area contributed by atoms with Crippen LogP contribution in [0.2, 0.25) is 0 Å². The van der Waals surface area contributed by atoms with Gasteiger partial charge in [-0.3, -0.25) is 0 Å². The zero-order chi connectivity index (χ0) is 16.4. The van der Waals surface area contributed by atoms with Crippen LogP contribution in [0.4, 0.5) is 5.95 Å². The minimum Gasteiger partial charge on any atom is -0.338 e. The van der Waals surface area contributed by atoms with Crippen molar-refractivity contribution in [3.8, 4) is 0 Å². The predicted molar refractivity (Wildman–Crippen MR) is 88.9 cm³/mol. The third kappa shape index (κ3) is 3.35. The number of hydrogen-bond donors (Lipinski definition) is 0. The van der Waals surface area contributed by atoms with Gasteiger partial charge in [-0.25, -0.2) is 18.4 Å². The monoisotopic (exact) mass is 332 g/mol. The molecule has 0 saturated carbocycles. The molecular formula is C16H20N4O2S. The Bertz CT molecular complexity index is 765. The van der Waals surface area contributed by atoms with Crippen molar-refractivity contribution >= 4 is 16.0 Å². The lowest BCUT2D eigenvalue weighted by Crippen LogP contribution is -2.49. The predicted octanol–water partition coefficient (Wildman–Crippen LogP) is 1.60. The summed E-state index contributed by atoms with van der Waals surface area (Å²) in [7, 11) is -3.42. The molecule has 122 valence electrons. The highest BCUT2D eigenvalue weighted by Gasteiger charge is 2.29. The van der Waals surface area contributed by atoms with E-state index in [0.717, 1.165) is 11.4 Å². The van der Waals surface area contributed by atoms with E-state index in [-0.39, 0.29) is 0 Å². The summed E-state index contributed by atoms with van der Waals surface area (Å²) in [6, 6.07) is 10.5. The molecule has 1 saturated heterocycles. The molecule has 0 N–H and O–H groups in total. The number of aromatic nitrogens is 2. The molecule has 0 spiro atoms. The quantitative estimate of drug-likeness (QED) is 0.854. The Balaban J connectivity index is 1.73. The third-order valence-electron chi connectivity index (χ3n) is 3.87. The van der Waals surface area contributed by atoms with Crippen LogP contribution in [0.15, 0.2) is 41.3 Å². The Morgan fingerprint density at radius 1 is 0.913 bits per heavy atom. The van der Waals surface area contributed by atoms with Crippen molar-refractivity contribution in [2.24, 2.45) is 0 Å². The maximum absolute atomic E-state index is 12.6. The lowest BCUT2D eigenvalue weighted by Gasteiger charge is -2.34. The molecule has 0 unspecified atom stereocenters. The van der Waals surface area contributed by atoms with Gasteiger partial charge in [0, 0.05) is 37.6 Å². The molecule has 1 fully saturated rings. The molecule has 1 aromatic heterocycles. The van der Waals surface area contributed by atoms with Crippen molar-refractivity contribution in [1.29, 1.82) is 0 Å². The standard InChI is InChI=1S/C16H20N4O2S/c1-13-12-14(2)18-16(17-13)19-8-10-20(11-9-19)23(21,22)15-6-4-3-5-7-15/h3-7,12H,8-11H2,1-2H3. The number of anilines is 1. The van der Waals surface area contributed by atoms with E-state index in [9.17, 15) is 8.42 Å². The first-order valence-corrected chi connectivity index (χ1v) is 9.03. The van der Waals surface area contributed by atoms with E-state index in [1.165, 1.54) is 4.31 Å². The van der Waals surface area contributed by atoms with Crippen LogP contribution in [-0.2, 0) is 10.0 Å². The van der Waals surface area contributed by atoms with Gasteiger partial charge < -0.3 is 4.90 Å². The molecule has 2 aromatic rings. The van der Waals surface area contributed by atoms with Crippen LogP contribution in [-0.4, -0.2) is 48.9 Å². The summed E-state index contributed by atoms with van der Waals surface area (Å²) < 4.78 is 26.8. The maximum atomic E-state index is 12.6. The number of sulfonamides is 1. The first kappa shape index (κ1) is 15.9.